The summed E-state index contributed by atoms with van der Waals surface area (Å²) in [5, 5.41) is 0.606. The highest BCUT2D eigenvalue weighted by Crippen LogP contribution is 2.23. The molecule has 0 atom stereocenters. The molecular weight excluding hydrogens is 334 g/mol. The van der Waals surface area contributed by atoms with E-state index in [0.717, 1.165) is 17.0 Å². The average molecular weight is 359 g/mol. The van der Waals surface area contributed by atoms with Gasteiger partial charge in [0.25, 0.3) is 0 Å². The van der Waals surface area contributed by atoms with Gasteiger partial charge in [-0.1, -0.05) is 11.8 Å². The standard InChI is InChI=1S/C19H25N3O2S/c1-13(2)22(14(3)4)18(23)12-25-19-20-11-10-17(21-19)15-6-8-16(24-5)9-7-15/h6-11,13-14H,12H2,1-5H3. The van der Waals surface area contributed by atoms with Crippen LogP contribution in [0.15, 0.2) is 41.7 Å². The van der Waals surface area contributed by atoms with Gasteiger partial charge in [0.1, 0.15) is 5.75 Å². The number of amides is 1. The van der Waals surface area contributed by atoms with E-state index in [4.69, 9.17) is 4.74 Å². The lowest BCUT2D eigenvalue weighted by Crippen LogP contribution is -2.43. The zero-order valence-electron chi connectivity index (χ0n) is 15.4. The maximum absolute atomic E-state index is 12.5. The molecule has 0 N–H and O–H groups in total. The predicted octanol–water partition coefficient (Wildman–Crippen LogP) is 3.89. The number of nitrogens with zero attached hydrogens (tertiary/aromatic N) is 3. The fourth-order valence-electron chi connectivity index (χ4n) is 2.71. The molecule has 2 rings (SSSR count). The molecule has 134 valence electrons. The Balaban J connectivity index is 2.07. The van der Waals surface area contributed by atoms with Gasteiger partial charge in [-0.25, -0.2) is 9.97 Å². The molecule has 0 fully saturated rings. The van der Waals surface area contributed by atoms with Crippen molar-refractivity contribution in [3.05, 3.63) is 36.5 Å². The number of benzene rings is 1. The van der Waals surface area contributed by atoms with Crippen LogP contribution >= 0.6 is 11.8 Å². The maximum atomic E-state index is 12.5. The molecule has 0 aliphatic rings. The van der Waals surface area contributed by atoms with E-state index in [1.165, 1.54) is 11.8 Å². The largest absolute Gasteiger partial charge is 0.497 e. The van der Waals surface area contributed by atoms with Gasteiger partial charge < -0.3 is 9.64 Å². The molecule has 1 aromatic heterocycles. The van der Waals surface area contributed by atoms with Crippen molar-refractivity contribution in [2.45, 2.75) is 44.9 Å². The van der Waals surface area contributed by atoms with E-state index >= 15 is 0 Å². The first-order valence-corrected chi connectivity index (χ1v) is 9.32. The van der Waals surface area contributed by atoms with Gasteiger partial charge in [-0.15, -0.1) is 0 Å². The zero-order chi connectivity index (χ0) is 18.4. The van der Waals surface area contributed by atoms with Gasteiger partial charge in [0.15, 0.2) is 5.16 Å². The molecule has 0 aliphatic heterocycles. The SMILES string of the molecule is COc1ccc(-c2ccnc(SCC(=O)N(C(C)C)C(C)C)n2)cc1. The van der Waals surface area contributed by atoms with Crippen LogP contribution in [0.1, 0.15) is 27.7 Å². The Morgan fingerprint density at radius 1 is 1.12 bits per heavy atom. The summed E-state index contributed by atoms with van der Waals surface area (Å²) in [7, 11) is 1.64. The van der Waals surface area contributed by atoms with Crippen LogP contribution in [0.3, 0.4) is 0 Å². The van der Waals surface area contributed by atoms with E-state index in [0.29, 0.717) is 10.9 Å². The summed E-state index contributed by atoms with van der Waals surface area (Å²) >= 11 is 1.37. The number of thioether (sulfide) groups is 1. The lowest BCUT2D eigenvalue weighted by atomic mass is 10.1. The molecule has 0 radical (unpaired) electrons. The monoisotopic (exact) mass is 359 g/mol. The van der Waals surface area contributed by atoms with E-state index in [1.54, 1.807) is 13.3 Å². The number of rotatable bonds is 7. The highest BCUT2D eigenvalue weighted by atomic mass is 32.2. The summed E-state index contributed by atoms with van der Waals surface area (Å²) in [6.07, 6.45) is 1.72. The first-order valence-electron chi connectivity index (χ1n) is 8.33. The van der Waals surface area contributed by atoms with Crippen molar-refractivity contribution in [2.24, 2.45) is 0 Å². The number of carbonyl (C=O) groups is 1. The second-order valence-electron chi connectivity index (χ2n) is 6.23. The van der Waals surface area contributed by atoms with Crippen molar-refractivity contribution < 1.29 is 9.53 Å². The molecule has 0 unspecified atom stereocenters. The molecule has 6 heteroatoms. The van der Waals surface area contributed by atoms with E-state index in [9.17, 15) is 4.79 Å². The summed E-state index contributed by atoms with van der Waals surface area (Å²) in [4.78, 5) is 23.2. The van der Waals surface area contributed by atoms with Crippen molar-refractivity contribution in [3.8, 4) is 17.0 Å². The maximum Gasteiger partial charge on any atom is 0.233 e. The molecule has 0 spiro atoms. The molecule has 5 nitrogen and oxygen atoms in total. The van der Waals surface area contributed by atoms with Crippen LogP contribution in [0.2, 0.25) is 0 Å². The third-order valence-corrected chi connectivity index (χ3v) is 4.59. The zero-order valence-corrected chi connectivity index (χ0v) is 16.2. The minimum Gasteiger partial charge on any atom is -0.497 e. The molecule has 0 saturated carbocycles. The van der Waals surface area contributed by atoms with E-state index in [1.807, 2.05) is 62.9 Å². The van der Waals surface area contributed by atoms with E-state index in [-0.39, 0.29) is 18.0 Å². The number of ether oxygens (including phenoxy) is 1. The molecule has 1 amide bonds. The summed E-state index contributed by atoms with van der Waals surface area (Å²) in [6.45, 7) is 8.12. The molecule has 0 aliphatic carbocycles. The summed E-state index contributed by atoms with van der Waals surface area (Å²) in [6, 6.07) is 9.94. The fourth-order valence-corrected chi connectivity index (χ4v) is 3.41. The highest BCUT2D eigenvalue weighted by molar-refractivity contribution is 7.99. The highest BCUT2D eigenvalue weighted by Gasteiger charge is 2.20. The molecule has 0 bridgehead atoms. The lowest BCUT2D eigenvalue weighted by Gasteiger charge is -2.30. The second-order valence-corrected chi connectivity index (χ2v) is 7.17. The van der Waals surface area contributed by atoms with Crippen molar-refractivity contribution >= 4 is 17.7 Å². The first-order chi connectivity index (χ1) is 11.9. The van der Waals surface area contributed by atoms with Crippen LogP contribution in [-0.4, -0.2) is 45.7 Å². The molecule has 0 saturated heterocycles. The molecule has 1 heterocycles. The number of carbonyl (C=O) groups excluding carboxylic acids is 1. The van der Waals surface area contributed by atoms with Crippen molar-refractivity contribution in [1.82, 2.24) is 14.9 Å². The van der Waals surface area contributed by atoms with Gasteiger partial charge in [0.05, 0.1) is 18.6 Å². The second kappa shape index (κ2) is 8.85. The van der Waals surface area contributed by atoms with Crippen LogP contribution < -0.4 is 4.74 Å². The van der Waals surface area contributed by atoms with Crippen LogP contribution in [-0.2, 0) is 4.79 Å². The third-order valence-electron chi connectivity index (χ3n) is 3.74. The number of hydrogen-bond acceptors (Lipinski definition) is 5. The van der Waals surface area contributed by atoms with Gasteiger partial charge in [0.2, 0.25) is 5.91 Å². The molecular formula is C19H25N3O2S. The minimum absolute atomic E-state index is 0.105. The Hall–Kier alpha value is -2.08. The fraction of sp³-hybridized carbons (Fsp3) is 0.421. The first kappa shape index (κ1) is 19.2. The normalized spacial score (nSPS) is 11.0. The number of aromatic nitrogens is 2. The van der Waals surface area contributed by atoms with Gasteiger partial charge in [0, 0.05) is 23.8 Å². The summed E-state index contributed by atoms with van der Waals surface area (Å²) in [5.74, 6) is 1.25. The van der Waals surface area contributed by atoms with Crippen molar-refractivity contribution in [2.75, 3.05) is 12.9 Å². The average Bonchev–Trinajstić information content (AvgIpc) is 2.59. The van der Waals surface area contributed by atoms with Gasteiger partial charge in [-0.2, -0.15) is 0 Å². The van der Waals surface area contributed by atoms with Gasteiger partial charge in [-0.3, -0.25) is 4.79 Å². The number of methoxy groups -OCH3 is 1. The predicted molar refractivity (Wildman–Crippen MR) is 102 cm³/mol. The van der Waals surface area contributed by atoms with Crippen molar-refractivity contribution in [1.29, 1.82) is 0 Å². The quantitative estimate of drug-likeness (QED) is 0.554. The number of hydrogen-bond donors (Lipinski definition) is 0. The Bertz CT molecular complexity index is 694. The molecule has 2 aromatic rings. The van der Waals surface area contributed by atoms with Crippen LogP contribution in [0.25, 0.3) is 11.3 Å². The Morgan fingerprint density at radius 3 is 2.32 bits per heavy atom. The molecule has 1 aromatic carbocycles. The smallest absolute Gasteiger partial charge is 0.233 e. The Labute approximate surface area is 153 Å². The van der Waals surface area contributed by atoms with E-state index < -0.39 is 0 Å². The minimum atomic E-state index is 0.105. The Morgan fingerprint density at radius 2 is 1.76 bits per heavy atom. The van der Waals surface area contributed by atoms with Crippen LogP contribution in [0.4, 0.5) is 0 Å². The Kier molecular flexibility index (Phi) is 6.82. The van der Waals surface area contributed by atoms with Crippen LogP contribution in [0.5, 0.6) is 5.75 Å². The van der Waals surface area contributed by atoms with Gasteiger partial charge >= 0.3 is 0 Å². The van der Waals surface area contributed by atoms with E-state index in [2.05, 4.69) is 9.97 Å². The summed E-state index contributed by atoms with van der Waals surface area (Å²) < 4.78 is 5.18. The van der Waals surface area contributed by atoms with Crippen LogP contribution in [0, 0.1) is 0 Å². The summed E-state index contributed by atoms with van der Waals surface area (Å²) in [5.41, 5.74) is 1.82. The van der Waals surface area contributed by atoms with Gasteiger partial charge in [-0.05, 0) is 58.0 Å². The van der Waals surface area contributed by atoms with Crippen molar-refractivity contribution in [3.63, 3.8) is 0 Å². The lowest BCUT2D eigenvalue weighted by molar-refractivity contribution is -0.131. The molecule has 25 heavy (non-hydrogen) atoms. The topological polar surface area (TPSA) is 55.3 Å². The third kappa shape index (κ3) is 5.19.